The Kier molecular flexibility index (Phi) is 4.81. The Morgan fingerprint density at radius 1 is 1.40 bits per heavy atom. The van der Waals surface area contributed by atoms with Gasteiger partial charge in [-0.25, -0.2) is 9.97 Å². The van der Waals surface area contributed by atoms with Crippen molar-refractivity contribution in [3.63, 3.8) is 0 Å². The van der Waals surface area contributed by atoms with Gasteiger partial charge in [0.15, 0.2) is 5.82 Å². The second-order valence-electron chi connectivity index (χ2n) is 4.00. The number of hydrogen-bond acceptors (Lipinski definition) is 5. The van der Waals surface area contributed by atoms with Gasteiger partial charge in [-0.2, -0.15) is 0 Å². The average molecular weight is 309 g/mol. The van der Waals surface area contributed by atoms with Crippen LogP contribution in [0.5, 0.6) is 0 Å². The molecule has 1 heterocycles. The predicted octanol–water partition coefficient (Wildman–Crippen LogP) is 2.75. The number of anilines is 2. The van der Waals surface area contributed by atoms with Crippen LogP contribution in [0, 0.1) is 6.92 Å². The van der Waals surface area contributed by atoms with Crippen LogP contribution >= 0.6 is 23.4 Å². The molecule has 0 aliphatic heterocycles. The number of rotatable bonds is 4. The number of carbonyl (C=O) groups is 1. The van der Waals surface area contributed by atoms with Crippen molar-refractivity contribution in [1.29, 1.82) is 0 Å². The smallest absolute Gasteiger partial charge is 0.234 e. The lowest BCUT2D eigenvalue weighted by atomic mass is 10.2. The maximum Gasteiger partial charge on any atom is 0.234 e. The highest BCUT2D eigenvalue weighted by Gasteiger charge is 2.09. The van der Waals surface area contributed by atoms with Crippen LogP contribution in [-0.4, -0.2) is 21.6 Å². The number of halogens is 1. The minimum atomic E-state index is -0.148. The zero-order chi connectivity index (χ0) is 14.5. The van der Waals surface area contributed by atoms with Crippen LogP contribution in [0.3, 0.4) is 0 Å². The minimum Gasteiger partial charge on any atom is -0.381 e. The van der Waals surface area contributed by atoms with E-state index in [-0.39, 0.29) is 11.7 Å². The highest BCUT2D eigenvalue weighted by atomic mass is 35.5. The number of aromatic nitrogens is 2. The van der Waals surface area contributed by atoms with Gasteiger partial charge in [0.25, 0.3) is 0 Å². The molecule has 1 amide bonds. The van der Waals surface area contributed by atoms with E-state index < -0.39 is 0 Å². The first-order valence-corrected chi connectivity index (χ1v) is 7.18. The van der Waals surface area contributed by atoms with E-state index in [1.54, 1.807) is 18.2 Å². The average Bonchev–Trinajstić information content (AvgIpc) is 2.43. The van der Waals surface area contributed by atoms with Crippen LogP contribution in [0.2, 0.25) is 5.02 Å². The first-order valence-electron chi connectivity index (χ1n) is 5.82. The van der Waals surface area contributed by atoms with Gasteiger partial charge in [0.1, 0.15) is 5.03 Å². The number of nitrogens with zero attached hydrogens (tertiary/aromatic N) is 2. The number of carbonyl (C=O) groups excluding carboxylic acids is 1. The third-order valence-electron chi connectivity index (χ3n) is 2.57. The Labute approximate surface area is 126 Å². The van der Waals surface area contributed by atoms with Crippen LogP contribution in [0.15, 0.2) is 35.6 Å². The quantitative estimate of drug-likeness (QED) is 0.849. The van der Waals surface area contributed by atoms with E-state index in [2.05, 4.69) is 15.3 Å². The Balaban J connectivity index is 1.96. The van der Waals surface area contributed by atoms with Crippen LogP contribution in [-0.2, 0) is 4.79 Å². The highest BCUT2D eigenvalue weighted by Crippen LogP contribution is 2.24. The molecule has 0 saturated carbocycles. The molecule has 1 aromatic carbocycles. The summed E-state index contributed by atoms with van der Waals surface area (Å²) in [5.41, 5.74) is 7.20. The van der Waals surface area contributed by atoms with Crippen molar-refractivity contribution in [3.8, 4) is 0 Å². The molecule has 0 atom stereocenters. The zero-order valence-corrected chi connectivity index (χ0v) is 12.3. The molecule has 3 N–H and O–H groups in total. The fourth-order valence-electron chi connectivity index (χ4n) is 1.51. The fraction of sp³-hybridized carbons (Fsp3) is 0.154. The van der Waals surface area contributed by atoms with Crippen LogP contribution in [0.4, 0.5) is 11.5 Å². The number of thioether (sulfide) groups is 1. The minimum absolute atomic E-state index is 0.148. The molecule has 2 aromatic rings. The van der Waals surface area contributed by atoms with Crippen molar-refractivity contribution in [2.75, 3.05) is 16.8 Å². The van der Waals surface area contributed by atoms with Gasteiger partial charge in [0.2, 0.25) is 5.91 Å². The summed E-state index contributed by atoms with van der Waals surface area (Å²) in [7, 11) is 0. The molecular formula is C13H13ClN4OS. The van der Waals surface area contributed by atoms with Crippen molar-refractivity contribution >= 4 is 40.8 Å². The van der Waals surface area contributed by atoms with Gasteiger partial charge in [0.05, 0.1) is 5.75 Å². The third-order valence-corrected chi connectivity index (χ3v) is 3.98. The molecule has 0 unspecified atom stereocenters. The fourth-order valence-corrected chi connectivity index (χ4v) is 2.36. The van der Waals surface area contributed by atoms with Crippen molar-refractivity contribution in [2.24, 2.45) is 0 Å². The topological polar surface area (TPSA) is 80.9 Å². The maximum atomic E-state index is 11.9. The van der Waals surface area contributed by atoms with Gasteiger partial charge in [-0.05, 0) is 24.6 Å². The number of nitrogens with one attached hydrogen (secondary N) is 1. The van der Waals surface area contributed by atoms with Gasteiger partial charge >= 0.3 is 0 Å². The molecule has 1 aromatic heterocycles. The second kappa shape index (κ2) is 6.58. The largest absolute Gasteiger partial charge is 0.381 e. The summed E-state index contributed by atoms with van der Waals surface area (Å²) in [6.45, 7) is 1.85. The number of benzene rings is 1. The SMILES string of the molecule is Cc1c(Cl)cccc1NC(=O)CSc1nccnc1N. The van der Waals surface area contributed by atoms with Crippen LogP contribution < -0.4 is 11.1 Å². The summed E-state index contributed by atoms with van der Waals surface area (Å²) in [6.07, 6.45) is 3.05. The normalized spacial score (nSPS) is 10.3. The van der Waals surface area contributed by atoms with E-state index in [0.717, 1.165) is 5.56 Å². The monoisotopic (exact) mass is 308 g/mol. The molecule has 0 saturated heterocycles. The molecule has 0 fully saturated rings. The number of nitrogen functional groups attached to an aromatic ring is 1. The molecule has 104 valence electrons. The molecule has 0 bridgehead atoms. The van der Waals surface area contributed by atoms with E-state index in [1.807, 2.05) is 6.92 Å². The first kappa shape index (κ1) is 14.6. The Morgan fingerprint density at radius 2 is 2.15 bits per heavy atom. The van der Waals surface area contributed by atoms with Crippen LogP contribution in [0.25, 0.3) is 0 Å². The maximum absolute atomic E-state index is 11.9. The van der Waals surface area contributed by atoms with E-state index in [9.17, 15) is 4.79 Å². The third kappa shape index (κ3) is 3.61. The lowest BCUT2D eigenvalue weighted by molar-refractivity contribution is -0.113. The standard InChI is InChI=1S/C13H13ClN4OS/c1-8-9(14)3-2-4-10(8)18-11(19)7-20-13-12(15)16-5-6-17-13/h2-6H,7H2,1H3,(H2,15,16)(H,18,19). The first-order chi connectivity index (χ1) is 9.58. The summed E-state index contributed by atoms with van der Waals surface area (Å²) >= 11 is 7.24. The van der Waals surface area contributed by atoms with E-state index in [0.29, 0.717) is 21.6 Å². The molecule has 20 heavy (non-hydrogen) atoms. The summed E-state index contributed by atoms with van der Waals surface area (Å²) in [5.74, 6) is 0.379. The zero-order valence-electron chi connectivity index (χ0n) is 10.8. The molecule has 5 nitrogen and oxygen atoms in total. The van der Waals surface area contributed by atoms with Crippen molar-refractivity contribution in [2.45, 2.75) is 11.9 Å². The van der Waals surface area contributed by atoms with Crippen molar-refractivity contribution < 1.29 is 4.79 Å². The van der Waals surface area contributed by atoms with E-state index >= 15 is 0 Å². The second-order valence-corrected chi connectivity index (χ2v) is 5.37. The summed E-state index contributed by atoms with van der Waals surface area (Å²) in [6, 6.07) is 5.38. The molecule has 0 aliphatic carbocycles. The molecule has 2 rings (SSSR count). The number of hydrogen-bond donors (Lipinski definition) is 2. The van der Waals surface area contributed by atoms with Crippen molar-refractivity contribution in [1.82, 2.24) is 9.97 Å². The Bertz CT molecular complexity index is 636. The number of amides is 1. The molecule has 0 aliphatic rings. The Hall–Kier alpha value is -1.79. The van der Waals surface area contributed by atoms with Gasteiger partial charge in [-0.3, -0.25) is 4.79 Å². The van der Waals surface area contributed by atoms with Gasteiger partial charge in [-0.1, -0.05) is 29.4 Å². The number of nitrogens with two attached hydrogens (primary N) is 1. The van der Waals surface area contributed by atoms with Gasteiger partial charge in [-0.15, -0.1) is 0 Å². The van der Waals surface area contributed by atoms with E-state index in [1.165, 1.54) is 24.2 Å². The lowest BCUT2D eigenvalue weighted by Gasteiger charge is -2.09. The molecular weight excluding hydrogens is 296 g/mol. The van der Waals surface area contributed by atoms with Gasteiger partial charge < -0.3 is 11.1 Å². The van der Waals surface area contributed by atoms with E-state index in [4.69, 9.17) is 17.3 Å². The molecule has 7 heteroatoms. The molecule has 0 spiro atoms. The highest BCUT2D eigenvalue weighted by molar-refractivity contribution is 8.00. The lowest BCUT2D eigenvalue weighted by Crippen LogP contribution is -2.15. The van der Waals surface area contributed by atoms with Crippen molar-refractivity contribution in [3.05, 3.63) is 41.2 Å². The molecule has 0 radical (unpaired) electrons. The van der Waals surface area contributed by atoms with Crippen LogP contribution in [0.1, 0.15) is 5.56 Å². The summed E-state index contributed by atoms with van der Waals surface area (Å²) in [5, 5.41) is 3.97. The predicted molar refractivity (Wildman–Crippen MR) is 82.0 cm³/mol. The summed E-state index contributed by atoms with van der Waals surface area (Å²) < 4.78 is 0. The van der Waals surface area contributed by atoms with Gasteiger partial charge in [0, 0.05) is 23.1 Å². The summed E-state index contributed by atoms with van der Waals surface area (Å²) in [4.78, 5) is 19.9. The Morgan fingerprint density at radius 3 is 2.90 bits per heavy atom.